The van der Waals surface area contributed by atoms with Crippen LogP contribution < -0.4 is 5.32 Å². The molecule has 10 heteroatoms. The Morgan fingerprint density at radius 2 is 2.07 bits per heavy atom. The molecule has 29 heavy (non-hydrogen) atoms. The maximum absolute atomic E-state index is 12.7. The van der Waals surface area contributed by atoms with Crippen LogP contribution in [0.5, 0.6) is 0 Å². The summed E-state index contributed by atoms with van der Waals surface area (Å²) in [5.41, 5.74) is 0. The molecule has 1 aliphatic rings. The van der Waals surface area contributed by atoms with E-state index in [0.29, 0.717) is 31.8 Å². The summed E-state index contributed by atoms with van der Waals surface area (Å²) in [5.74, 6) is 1.35. The molecule has 0 aliphatic carbocycles. The molecule has 0 bridgehead atoms. The van der Waals surface area contributed by atoms with Crippen LogP contribution in [0.2, 0.25) is 0 Å². The number of sulfonamides is 1. The lowest BCUT2D eigenvalue weighted by atomic mass is 10.0. The van der Waals surface area contributed by atoms with E-state index in [4.69, 9.17) is 0 Å². The standard InChI is InChI=1S/C19H35N5O3S2/c1-5-13-29(26,27)24-12-7-6-9-16(24)18(25)20-11-8-10-17-21-22-19(28-4)23(17)14-15(2)3/h15-16H,5-14H2,1-4H3,(H,20,25). The first-order valence-electron chi connectivity index (χ1n) is 10.5. The fraction of sp³-hybridized carbons (Fsp3) is 0.842. The minimum absolute atomic E-state index is 0.0973. The molecule has 8 nitrogen and oxygen atoms in total. The van der Waals surface area contributed by atoms with Crippen LogP contribution in [0.25, 0.3) is 0 Å². The molecule has 1 saturated heterocycles. The van der Waals surface area contributed by atoms with Gasteiger partial charge in [-0.2, -0.15) is 4.31 Å². The Labute approximate surface area is 179 Å². The van der Waals surface area contributed by atoms with E-state index < -0.39 is 16.1 Å². The number of nitrogens with one attached hydrogen (secondary N) is 1. The van der Waals surface area contributed by atoms with Crippen LogP contribution in [0.1, 0.15) is 58.7 Å². The van der Waals surface area contributed by atoms with Crippen molar-refractivity contribution in [1.29, 1.82) is 0 Å². The van der Waals surface area contributed by atoms with Gasteiger partial charge in [-0.1, -0.05) is 39.0 Å². The molecule has 1 N–H and O–H groups in total. The van der Waals surface area contributed by atoms with Gasteiger partial charge in [0.1, 0.15) is 11.9 Å². The molecule has 1 aliphatic heterocycles. The fourth-order valence-electron chi connectivity index (χ4n) is 3.65. The summed E-state index contributed by atoms with van der Waals surface area (Å²) in [7, 11) is -3.37. The summed E-state index contributed by atoms with van der Waals surface area (Å²) in [6, 6.07) is -0.576. The number of carbonyl (C=O) groups is 1. The molecule has 166 valence electrons. The molecule has 1 fully saturated rings. The van der Waals surface area contributed by atoms with Gasteiger partial charge in [0.15, 0.2) is 5.16 Å². The van der Waals surface area contributed by atoms with Gasteiger partial charge in [-0.15, -0.1) is 10.2 Å². The lowest BCUT2D eigenvalue weighted by molar-refractivity contribution is -0.125. The van der Waals surface area contributed by atoms with Gasteiger partial charge in [0.05, 0.1) is 5.75 Å². The van der Waals surface area contributed by atoms with E-state index in [0.717, 1.165) is 43.2 Å². The number of amides is 1. The van der Waals surface area contributed by atoms with E-state index in [-0.39, 0.29) is 11.7 Å². The van der Waals surface area contributed by atoms with Gasteiger partial charge in [-0.3, -0.25) is 4.79 Å². The quantitative estimate of drug-likeness (QED) is 0.415. The average molecular weight is 446 g/mol. The number of thioether (sulfide) groups is 1. The molecular weight excluding hydrogens is 410 g/mol. The van der Waals surface area contributed by atoms with Crippen LogP contribution in [-0.2, 0) is 27.8 Å². The largest absolute Gasteiger partial charge is 0.355 e. The van der Waals surface area contributed by atoms with Gasteiger partial charge in [0.25, 0.3) is 0 Å². The Kier molecular flexibility index (Phi) is 9.42. The summed E-state index contributed by atoms with van der Waals surface area (Å²) in [6.45, 7) is 7.98. The van der Waals surface area contributed by atoms with Crippen molar-refractivity contribution >= 4 is 27.7 Å². The highest BCUT2D eigenvalue weighted by Gasteiger charge is 2.35. The van der Waals surface area contributed by atoms with Crippen molar-refractivity contribution in [3.8, 4) is 0 Å². The monoisotopic (exact) mass is 445 g/mol. The lowest BCUT2D eigenvalue weighted by Gasteiger charge is -2.33. The smallest absolute Gasteiger partial charge is 0.238 e. The number of carbonyl (C=O) groups excluding carboxylic acids is 1. The van der Waals surface area contributed by atoms with Crippen LogP contribution >= 0.6 is 11.8 Å². The van der Waals surface area contributed by atoms with Crippen LogP contribution in [0.15, 0.2) is 5.16 Å². The normalized spacial score (nSPS) is 18.3. The second-order valence-electron chi connectivity index (χ2n) is 7.94. The molecule has 0 spiro atoms. The number of aryl methyl sites for hydroxylation is 1. The number of hydrogen-bond acceptors (Lipinski definition) is 6. The zero-order valence-corrected chi connectivity index (χ0v) is 19.7. The molecule has 2 rings (SSSR count). The molecular formula is C19H35N5O3S2. The number of hydrogen-bond donors (Lipinski definition) is 1. The van der Waals surface area contributed by atoms with Crippen molar-refractivity contribution in [2.24, 2.45) is 5.92 Å². The minimum Gasteiger partial charge on any atom is -0.355 e. The van der Waals surface area contributed by atoms with E-state index in [9.17, 15) is 13.2 Å². The highest BCUT2D eigenvalue weighted by atomic mass is 32.2. The van der Waals surface area contributed by atoms with Crippen LogP contribution in [0.3, 0.4) is 0 Å². The van der Waals surface area contributed by atoms with Gasteiger partial charge >= 0.3 is 0 Å². The van der Waals surface area contributed by atoms with Gasteiger partial charge in [0.2, 0.25) is 15.9 Å². The maximum Gasteiger partial charge on any atom is 0.238 e. The third-order valence-electron chi connectivity index (χ3n) is 4.98. The Morgan fingerprint density at radius 1 is 1.31 bits per heavy atom. The summed E-state index contributed by atoms with van der Waals surface area (Å²) < 4.78 is 28.6. The Balaban J connectivity index is 1.90. The number of piperidine rings is 1. The van der Waals surface area contributed by atoms with E-state index in [1.165, 1.54) is 4.31 Å². The predicted octanol–water partition coefficient (Wildman–Crippen LogP) is 2.30. The van der Waals surface area contributed by atoms with Crippen molar-refractivity contribution in [3.05, 3.63) is 5.82 Å². The third-order valence-corrected chi connectivity index (χ3v) is 7.72. The lowest BCUT2D eigenvalue weighted by Crippen LogP contribution is -2.52. The number of aromatic nitrogens is 3. The Hall–Kier alpha value is -1.13. The van der Waals surface area contributed by atoms with Crippen LogP contribution in [0, 0.1) is 5.92 Å². The van der Waals surface area contributed by atoms with Gasteiger partial charge in [-0.05, 0) is 37.9 Å². The van der Waals surface area contributed by atoms with Crippen molar-refractivity contribution in [3.63, 3.8) is 0 Å². The van der Waals surface area contributed by atoms with Crippen molar-refractivity contribution < 1.29 is 13.2 Å². The third kappa shape index (κ3) is 6.68. The Bertz CT molecular complexity index is 764. The topological polar surface area (TPSA) is 97.2 Å². The van der Waals surface area contributed by atoms with Crippen LogP contribution in [-0.4, -0.2) is 64.5 Å². The van der Waals surface area contributed by atoms with E-state index in [2.05, 4.69) is 33.9 Å². The van der Waals surface area contributed by atoms with Gasteiger partial charge in [-0.25, -0.2) is 8.42 Å². The summed E-state index contributed by atoms with van der Waals surface area (Å²) in [4.78, 5) is 12.7. The highest BCUT2D eigenvalue weighted by molar-refractivity contribution is 7.98. The molecule has 0 saturated carbocycles. The highest BCUT2D eigenvalue weighted by Crippen LogP contribution is 2.21. The molecule has 2 heterocycles. The van der Waals surface area contributed by atoms with E-state index in [1.807, 2.05) is 13.2 Å². The molecule has 0 aromatic carbocycles. The molecule has 1 unspecified atom stereocenters. The summed E-state index contributed by atoms with van der Waals surface area (Å²) in [6.07, 6.45) is 6.31. The SMILES string of the molecule is CCCS(=O)(=O)N1CCCCC1C(=O)NCCCc1nnc(SC)n1CC(C)C. The number of nitrogens with zero attached hydrogens (tertiary/aromatic N) is 4. The molecule has 1 atom stereocenters. The molecule has 1 aromatic rings. The molecule has 1 aromatic heterocycles. The summed E-state index contributed by atoms with van der Waals surface area (Å²) >= 11 is 1.58. The number of rotatable bonds is 11. The van der Waals surface area contributed by atoms with Crippen molar-refractivity contribution in [2.75, 3.05) is 25.1 Å². The maximum atomic E-state index is 12.7. The van der Waals surface area contributed by atoms with Gasteiger partial charge in [0, 0.05) is 26.1 Å². The average Bonchev–Trinajstić information content (AvgIpc) is 3.06. The molecule has 0 radical (unpaired) electrons. The minimum atomic E-state index is -3.37. The molecule has 1 amide bonds. The first-order chi connectivity index (χ1) is 13.8. The summed E-state index contributed by atoms with van der Waals surface area (Å²) in [5, 5.41) is 12.4. The second kappa shape index (κ2) is 11.3. The zero-order valence-electron chi connectivity index (χ0n) is 18.1. The first kappa shape index (κ1) is 24.1. The van der Waals surface area contributed by atoms with Crippen LogP contribution in [0.4, 0.5) is 0 Å². The second-order valence-corrected chi connectivity index (χ2v) is 10.8. The predicted molar refractivity (Wildman–Crippen MR) is 116 cm³/mol. The first-order valence-corrected chi connectivity index (χ1v) is 13.4. The van der Waals surface area contributed by atoms with Crippen molar-refractivity contribution in [1.82, 2.24) is 24.4 Å². The Morgan fingerprint density at radius 3 is 2.72 bits per heavy atom. The zero-order chi connectivity index (χ0) is 21.4. The van der Waals surface area contributed by atoms with Crippen molar-refractivity contribution in [2.45, 2.75) is 77.0 Å². The fourth-order valence-corrected chi connectivity index (χ4v) is 5.92. The van der Waals surface area contributed by atoms with Gasteiger partial charge < -0.3 is 9.88 Å². The van der Waals surface area contributed by atoms with E-state index >= 15 is 0 Å². The van der Waals surface area contributed by atoms with E-state index in [1.54, 1.807) is 11.8 Å².